The Hall–Kier alpha value is -6.85. The van der Waals surface area contributed by atoms with Gasteiger partial charge in [0.1, 0.15) is 29.1 Å². The maximum absolute atomic E-state index is 13.6. The minimum Gasteiger partial charge on any atom is -0.497 e. The summed E-state index contributed by atoms with van der Waals surface area (Å²) in [6.07, 6.45) is -4.45. The van der Waals surface area contributed by atoms with Crippen molar-refractivity contribution in [1.82, 2.24) is 10.6 Å². The Morgan fingerprint density at radius 1 is 0.735 bits per heavy atom. The molecule has 1 aliphatic carbocycles. The highest BCUT2D eigenvalue weighted by Crippen LogP contribution is 2.48. The summed E-state index contributed by atoms with van der Waals surface area (Å²) in [6.45, 7) is 14.9. The van der Waals surface area contributed by atoms with E-state index in [1.54, 1.807) is 40.4 Å². The first-order valence-electron chi connectivity index (χ1n) is 22.3. The topological polar surface area (TPSA) is 114 Å². The molecule has 0 aliphatic heterocycles. The van der Waals surface area contributed by atoms with Gasteiger partial charge in [0, 0.05) is 28.0 Å². The molecule has 7 rings (SSSR count). The van der Waals surface area contributed by atoms with E-state index in [4.69, 9.17) is 23.7 Å². The Morgan fingerprint density at radius 2 is 1.29 bits per heavy atom. The number of fused-ring (bicyclic) bond motifs is 1. The number of benzene rings is 6. The summed E-state index contributed by atoms with van der Waals surface area (Å²) in [6, 6.07) is 40.1. The number of hydrogen-bond acceptors (Lipinski definition) is 8. The summed E-state index contributed by atoms with van der Waals surface area (Å²) in [7, 11) is 2.25. The SMILES string of the molecule is C=C(N[C@@H](CN=P(c1ccc(OC)cc1)(c1ccc(OC)cc1)c1ccc(OC)cc1)C(C)(C)C)N[C@H]1c2ccccc2C[C@@H]1Oc1ccc(C)cc1NC(=O)Nc1cc(C)cc(C(F)(F)F)c1. The van der Waals surface area contributed by atoms with Crippen LogP contribution in [0.1, 0.15) is 54.6 Å². The van der Waals surface area contributed by atoms with Crippen LogP contribution >= 0.6 is 7.05 Å². The van der Waals surface area contributed by atoms with Gasteiger partial charge in [0.15, 0.2) is 0 Å². The Morgan fingerprint density at radius 3 is 1.82 bits per heavy atom. The zero-order valence-electron chi connectivity index (χ0n) is 39.6. The first kappa shape index (κ1) is 49.1. The van der Waals surface area contributed by atoms with Gasteiger partial charge < -0.3 is 40.2 Å². The molecule has 0 unspecified atom stereocenters. The number of carbonyl (C=O) groups excluding carboxylic acids is 1. The molecule has 0 fully saturated rings. The average Bonchev–Trinajstić information content (AvgIpc) is 3.65. The number of nitrogens with one attached hydrogen (secondary N) is 4. The lowest BCUT2D eigenvalue weighted by molar-refractivity contribution is -0.137. The lowest BCUT2D eigenvalue weighted by atomic mass is 9.87. The zero-order valence-corrected chi connectivity index (χ0v) is 40.5. The highest BCUT2D eigenvalue weighted by Gasteiger charge is 2.37. The van der Waals surface area contributed by atoms with Crippen LogP contribution in [-0.2, 0) is 12.6 Å². The van der Waals surface area contributed by atoms with Gasteiger partial charge in [-0.05, 0) is 145 Å². The van der Waals surface area contributed by atoms with Crippen molar-refractivity contribution in [2.45, 2.75) is 65.4 Å². The number of hydrogen-bond donors (Lipinski definition) is 4. The van der Waals surface area contributed by atoms with Crippen molar-refractivity contribution < 1.29 is 36.9 Å². The molecule has 0 saturated heterocycles. The largest absolute Gasteiger partial charge is 0.497 e. The van der Waals surface area contributed by atoms with Gasteiger partial charge >= 0.3 is 12.2 Å². The molecule has 0 spiro atoms. The van der Waals surface area contributed by atoms with Crippen molar-refractivity contribution in [3.63, 3.8) is 0 Å². The van der Waals surface area contributed by atoms with E-state index in [0.29, 0.717) is 35.8 Å². The summed E-state index contributed by atoms with van der Waals surface area (Å²) in [5.74, 6) is 3.21. The van der Waals surface area contributed by atoms with E-state index in [2.05, 4.69) is 97.1 Å². The summed E-state index contributed by atoms with van der Waals surface area (Å²) >= 11 is 0. The second-order valence-corrected chi connectivity index (χ2v) is 21.0. The van der Waals surface area contributed by atoms with Crippen LogP contribution in [0.4, 0.5) is 29.3 Å². The van der Waals surface area contributed by atoms with Crippen LogP contribution in [0.5, 0.6) is 23.0 Å². The number of ether oxygens (including phenoxy) is 4. The zero-order chi connectivity index (χ0) is 48.8. The predicted molar refractivity (Wildman–Crippen MR) is 268 cm³/mol. The quantitative estimate of drug-likeness (QED) is 0.0715. The normalized spacial score (nSPS) is 15.0. The van der Waals surface area contributed by atoms with Crippen molar-refractivity contribution in [2.24, 2.45) is 10.2 Å². The predicted octanol–water partition coefficient (Wildman–Crippen LogP) is 11.3. The standard InChI is InChI=1S/C54H59F3N5O5P/c1-34-14-27-48(47(30-34)62-52(63)61-39-29-35(2)28-38(32-39)54(55,56)57)67-49-31-37-12-10-11-13-46(37)51(49)60-36(3)59-50(53(4,5)6)33-58-68(43-21-15-40(64-7)16-22-43,44-23-17-41(65-8)18-24-44)45-25-19-42(66-9)20-26-45/h10-30,32,49-51,59-60H,3,31,33H2,1-2,4-9H3,(H2,61,62,63)/t49-,50-,51-/m0/s1. The van der Waals surface area contributed by atoms with E-state index in [1.807, 2.05) is 61.5 Å². The molecule has 10 nitrogen and oxygen atoms in total. The van der Waals surface area contributed by atoms with Crippen LogP contribution in [0.3, 0.4) is 0 Å². The maximum Gasteiger partial charge on any atom is 0.416 e. The minimum atomic E-state index is -4.57. The van der Waals surface area contributed by atoms with Crippen molar-refractivity contribution in [1.29, 1.82) is 0 Å². The number of nitrogens with zero attached hydrogens (tertiary/aromatic N) is 1. The van der Waals surface area contributed by atoms with E-state index >= 15 is 0 Å². The van der Waals surface area contributed by atoms with E-state index in [9.17, 15) is 18.0 Å². The smallest absolute Gasteiger partial charge is 0.416 e. The third kappa shape index (κ3) is 11.3. The molecule has 2 amide bonds. The second kappa shape index (κ2) is 20.6. The van der Waals surface area contributed by atoms with Gasteiger partial charge in [-0.25, -0.2) is 4.79 Å². The molecule has 4 N–H and O–H groups in total. The van der Waals surface area contributed by atoms with Crippen molar-refractivity contribution in [3.8, 4) is 23.0 Å². The van der Waals surface area contributed by atoms with Gasteiger partial charge in [0.05, 0.1) is 64.1 Å². The van der Waals surface area contributed by atoms with E-state index in [-0.39, 0.29) is 23.2 Å². The Kier molecular flexibility index (Phi) is 14.8. The van der Waals surface area contributed by atoms with E-state index in [0.717, 1.165) is 62.0 Å². The Balaban J connectivity index is 1.18. The lowest BCUT2D eigenvalue weighted by Gasteiger charge is -2.35. The molecule has 1 aliphatic rings. The molecule has 0 radical (unpaired) electrons. The number of urea groups is 1. The van der Waals surface area contributed by atoms with Gasteiger partial charge in [-0.3, -0.25) is 4.74 Å². The average molecular weight is 946 g/mol. The van der Waals surface area contributed by atoms with Gasteiger partial charge in [-0.15, -0.1) is 0 Å². The number of rotatable bonds is 16. The van der Waals surface area contributed by atoms with Crippen LogP contribution in [0.2, 0.25) is 0 Å². The van der Waals surface area contributed by atoms with Crippen LogP contribution in [0.15, 0.2) is 151 Å². The minimum absolute atomic E-state index is 0.0163. The van der Waals surface area contributed by atoms with Crippen LogP contribution in [-0.4, -0.2) is 46.1 Å². The number of carbonyl (C=O) groups is 1. The summed E-state index contributed by atoms with van der Waals surface area (Å²) in [5, 5.41) is 15.9. The van der Waals surface area contributed by atoms with Gasteiger partial charge in [-0.2, -0.15) is 13.2 Å². The fourth-order valence-corrected chi connectivity index (χ4v) is 11.9. The highest BCUT2D eigenvalue weighted by atomic mass is 31.2. The number of amides is 2. The van der Waals surface area contributed by atoms with Gasteiger partial charge in [0.25, 0.3) is 0 Å². The lowest BCUT2D eigenvalue weighted by Crippen LogP contribution is -2.46. The Bertz CT molecular complexity index is 2670. The molecule has 356 valence electrons. The Labute approximate surface area is 397 Å². The fraction of sp³-hybridized carbons (Fsp3) is 0.278. The monoisotopic (exact) mass is 945 g/mol. The third-order valence-electron chi connectivity index (χ3n) is 12.0. The first-order chi connectivity index (χ1) is 32.4. The van der Waals surface area contributed by atoms with Crippen molar-refractivity contribution in [3.05, 3.63) is 174 Å². The van der Waals surface area contributed by atoms with Crippen LogP contribution in [0, 0.1) is 19.3 Å². The fourth-order valence-electron chi connectivity index (χ4n) is 8.42. The number of methoxy groups -OCH3 is 3. The molecule has 0 aromatic heterocycles. The molecule has 0 saturated carbocycles. The van der Waals surface area contributed by atoms with Crippen molar-refractivity contribution in [2.75, 3.05) is 38.5 Å². The van der Waals surface area contributed by atoms with Crippen LogP contribution < -0.4 is 56.1 Å². The molecule has 68 heavy (non-hydrogen) atoms. The number of alkyl halides is 3. The van der Waals surface area contributed by atoms with Crippen molar-refractivity contribution >= 4 is 40.4 Å². The maximum atomic E-state index is 13.6. The molecule has 6 aromatic rings. The summed E-state index contributed by atoms with van der Waals surface area (Å²) in [5.41, 5.74) is 2.57. The van der Waals surface area contributed by atoms with E-state index < -0.39 is 30.9 Å². The highest BCUT2D eigenvalue weighted by molar-refractivity contribution is 7.87. The third-order valence-corrected chi connectivity index (χ3v) is 15.8. The number of halogens is 3. The van der Waals surface area contributed by atoms with Gasteiger partial charge in [-0.1, -0.05) is 57.7 Å². The molecular formula is C54H59F3N5O5P. The molecule has 0 bridgehead atoms. The second-order valence-electron chi connectivity index (χ2n) is 17.9. The molecule has 0 heterocycles. The van der Waals surface area contributed by atoms with Crippen LogP contribution in [0.25, 0.3) is 0 Å². The first-order valence-corrected chi connectivity index (χ1v) is 24.0. The molecule has 6 aromatic carbocycles. The molecule has 14 heteroatoms. The van der Waals surface area contributed by atoms with Gasteiger partial charge in [0.2, 0.25) is 0 Å². The van der Waals surface area contributed by atoms with E-state index in [1.165, 1.54) is 6.07 Å². The number of aryl methyl sites for hydroxylation is 2. The molecule has 3 atom stereocenters. The number of anilines is 2. The summed E-state index contributed by atoms with van der Waals surface area (Å²) in [4.78, 5) is 13.3. The molecular weight excluding hydrogens is 887 g/mol. The summed E-state index contributed by atoms with van der Waals surface area (Å²) < 4.78 is 70.1.